The molecule has 0 unspecified atom stereocenters. The molecule has 2 N–H and O–H groups in total. The van der Waals surface area contributed by atoms with Crippen LogP contribution in [0.5, 0.6) is 0 Å². The molecule has 1 fully saturated rings. The Morgan fingerprint density at radius 2 is 2.09 bits per heavy atom. The van der Waals surface area contributed by atoms with Crippen molar-refractivity contribution in [3.8, 4) is 0 Å². The minimum absolute atomic E-state index is 0.0919. The van der Waals surface area contributed by atoms with E-state index in [0.717, 1.165) is 5.70 Å². The van der Waals surface area contributed by atoms with Crippen LogP contribution >= 0.6 is 0 Å². The summed E-state index contributed by atoms with van der Waals surface area (Å²) in [5.74, 6) is 0. The van der Waals surface area contributed by atoms with Crippen LogP contribution in [0.25, 0.3) is 0 Å². The van der Waals surface area contributed by atoms with E-state index in [1.807, 2.05) is 13.1 Å². The zero-order valence-corrected chi connectivity index (χ0v) is 15.7. The first-order valence-electron chi connectivity index (χ1n) is 7.17. The summed E-state index contributed by atoms with van der Waals surface area (Å²) in [4.78, 5) is 5.48. The third-order valence-electron chi connectivity index (χ3n) is 4.36. The van der Waals surface area contributed by atoms with E-state index in [1.54, 1.807) is 13.2 Å². The molecule has 9 heteroatoms. The molecule has 2 heterocycles. The van der Waals surface area contributed by atoms with Crippen LogP contribution in [0.4, 0.5) is 0 Å². The number of nitrogens with one attached hydrogen (secondary N) is 2. The van der Waals surface area contributed by atoms with E-state index in [2.05, 4.69) is 30.6 Å². The van der Waals surface area contributed by atoms with Crippen LogP contribution in [-0.4, -0.2) is 35.2 Å². The quantitative estimate of drug-likeness (QED) is 0.755. The lowest BCUT2D eigenvalue weighted by Crippen LogP contribution is -2.54. The molecule has 0 radical (unpaired) electrons. The summed E-state index contributed by atoms with van der Waals surface area (Å²) in [6.45, 7) is 10.2. The molecular weight excluding hydrogens is 322 g/mol. The molecule has 22 heavy (non-hydrogen) atoms. The molecule has 2 aliphatic rings. The van der Waals surface area contributed by atoms with Gasteiger partial charge < -0.3 is 9.57 Å². The number of fused-ring (bicyclic) bond motifs is 1. The topological polar surface area (TPSA) is 79.9 Å². The van der Waals surface area contributed by atoms with Gasteiger partial charge in [0.25, 0.3) is 0 Å². The van der Waals surface area contributed by atoms with Gasteiger partial charge in [0.05, 0.1) is 5.70 Å². The van der Waals surface area contributed by atoms with Gasteiger partial charge in [0, 0.05) is 13.5 Å². The second-order valence-corrected chi connectivity index (χ2v) is 14.1. The number of rotatable bonds is 4. The van der Waals surface area contributed by atoms with Gasteiger partial charge in [0.15, 0.2) is 0 Å². The zero-order valence-electron chi connectivity index (χ0n) is 13.9. The molecule has 0 aromatic carbocycles. The number of methoxy groups -OCH3 is 1. The molecule has 126 valence electrons. The van der Waals surface area contributed by atoms with E-state index in [0.29, 0.717) is 6.42 Å². The summed E-state index contributed by atoms with van der Waals surface area (Å²) in [5, 5.41) is 1.34. The highest BCUT2D eigenvalue weighted by molar-refractivity contribution is 7.95. The Morgan fingerprint density at radius 1 is 1.45 bits per heavy atom. The highest BCUT2D eigenvalue weighted by atomic mass is 32.2. The van der Waals surface area contributed by atoms with Gasteiger partial charge in [-0.15, -0.1) is 5.17 Å². The van der Waals surface area contributed by atoms with Crippen molar-refractivity contribution in [2.24, 2.45) is 0 Å². The number of hydroxylamine groups is 1. The van der Waals surface area contributed by atoms with Gasteiger partial charge >= 0.3 is 0 Å². The smallest absolute Gasteiger partial charge is 0.237 e. The van der Waals surface area contributed by atoms with E-state index < -0.39 is 18.3 Å². The van der Waals surface area contributed by atoms with Gasteiger partial charge in [0.2, 0.25) is 10.0 Å². The second kappa shape index (κ2) is 5.64. The third kappa shape index (κ3) is 3.38. The van der Waals surface area contributed by atoms with Gasteiger partial charge in [-0.2, -0.15) is 5.43 Å². The lowest BCUT2D eigenvalue weighted by Gasteiger charge is -2.37. The molecule has 0 aliphatic carbocycles. The van der Waals surface area contributed by atoms with Gasteiger partial charge in [-0.25, -0.2) is 12.8 Å². The standard InChI is InChI=1S/C13H25N3O4SSi/c1-13(2,3)22(5,6)15-21(17,18)11-7-10-8-12(19-4)14-16(10)20-9-11/h7,9,12,14-15H,8H2,1-6H3/t12-/m0/s1. The van der Waals surface area contributed by atoms with Crippen LogP contribution in [0.15, 0.2) is 22.9 Å². The molecule has 1 saturated heterocycles. The van der Waals surface area contributed by atoms with Crippen molar-refractivity contribution < 1.29 is 18.0 Å². The van der Waals surface area contributed by atoms with Crippen LogP contribution in [0, 0.1) is 0 Å². The molecule has 0 saturated carbocycles. The Bertz CT molecular complexity index is 607. The summed E-state index contributed by atoms with van der Waals surface area (Å²) in [6, 6.07) is 0. The van der Waals surface area contributed by atoms with Crippen molar-refractivity contribution in [2.45, 2.75) is 51.6 Å². The van der Waals surface area contributed by atoms with E-state index in [9.17, 15) is 8.42 Å². The fourth-order valence-corrected chi connectivity index (χ4v) is 6.72. The van der Waals surface area contributed by atoms with Crippen molar-refractivity contribution in [3.63, 3.8) is 0 Å². The van der Waals surface area contributed by atoms with Crippen molar-refractivity contribution in [2.75, 3.05) is 7.11 Å². The highest BCUT2D eigenvalue weighted by Gasteiger charge is 2.41. The Hall–Kier alpha value is -0.873. The minimum Gasteiger partial charge on any atom is -0.371 e. The summed E-state index contributed by atoms with van der Waals surface area (Å²) < 4.78 is 33.4. The van der Waals surface area contributed by atoms with E-state index >= 15 is 0 Å². The first-order valence-corrected chi connectivity index (χ1v) is 11.7. The Kier molecular flexibility index (Phi) is 4.48. The summed E-state index contributed by atoms with van der Waals surface area (Å²) in [5.41, 5.74) is 3.68. The second-order valence-electron chi connectivity index (χ2n) is 7.09. The Morgan fingerprint density at radius 3 is 2.64 bits per heavy atom. The molecule has 1 atom stereocenters. The lowest BCUT2D eigenvalue weighted by atomic mass is 10.2. The predicted octanol–water partition coefficient (Wildman–Crippen LogP) is 1.76. The number of hydrogen-bond acceptors (Lipinski definition) is 6. The molecule has 2 aliphatic heterocycles. The minimum atomic E-state index is -3.61. The van der Waals surface area contributed by atoms with E-state index in [1.165, 1.54) is 11.4 Å². The number of hydrazine groups is 1. The Balaban J connectivity index is 2.20. The van der Waals surface area contributed by atoms with Crippen molar-refractivity contribution in [1.82, 2.24) is 15.0 Å². The van der Waals surface area contributed by atoms with Crippen LogP contribution in [-0.2, 0) is 19.6 Å². The number of nitrogens with zero attached hydrogens (tertiary/aromatic N) is 1. The summed E-state index contributed by atoms with van der Waals surface area (Å²) in [6.07, 6.45) is 3.19. The maximum Gasteiger partial charge on any atom is 0.237 e. The van der Waals surface area contributed by atoms with Crippen LogP contribution in [0.3, 0.4) is 0 Å². The molecular formula is C13H25N3O4SSi. The highest BCUT2D eigenvalue weighted by Crippen LogP contribution is 2.35. The fraction of sp³-hybridized carbons (Fsp3) is 0.692. The molecule has 0 bridgehead atoms. The average Bonchev–Trinajstić information content (AvgIpc) is 2.77. The Labute approximate surface area is 133 Å². The van der Waals surface area contributed by atoms with E-state index in [-0.39, 0.29) is 16.2 Å². The van der Waals surface area contributed by atoms with Crippen molar-refractivity contribution in [3.05, 3.63) is 22.9 Å². The molecule has 0 amide bonds. The van der Waals surface area contributed by atoms with Crippen LogP contribution in [0.1, 0.15) is 27.2 Å². The van der Waals surface area contributed by atoms with Gasteiger partial charge in [-0.05, 0) is 11.1 Å². The third-order valence-corrected chi connectivity index (χ3v) is 12.1. The normalized spacial score (nSPS) is 22.8. The number of sulfonamides is 1. The van der Waals surface area contributed by atoms with Crippen molar-refractivity contribution >= 4 is 18.3 Å². The van der Waals surface area contributed by atoms with Crippen LogP contribution in [0.2, 0.25) is 18.1 Å². The van der Waals surface area contributed by atoms with Crippen molar-refractivity contribution in [1.29, 1.82) is 0 Å². The molecule has 7 nitrogen and oxygen atoms in total. The molecule has 0 spiro atoms. The van der Waals surface area contributed by atoms with Crippen LogP contribution < -0.4 is 9.81 Å². The maximum atomic E-state index is 12.6. The van der Waals surface area contributed by atoms with Gasteiger partial charge in [-0.3, -0.25) is 0 Å². The first-order chi connectivity index (χ1) is 9.96. The number of ether oxygens (including phenoxy) is 1. The molecule has 0 aromatic heterocycles. The summed E-state index contributed by atoms with van der Waals surface area (Å²) in [7, 11) is -4.22. The lowest BCUT2D eigenvalue weighted by molar-refractivity contribution is -0.124. The molecule has 2 rings (SSSR count). The monoisotopic (exact) mass is 347 g/mol. The first kappa shape index (κ1) is 17.5. The van der Waals surface area contributed by atoms with Gasteiger partial charge in [-0.1, -0.05) is 33.9 Å². The van der Waals surface area contributed by atoms with E-state index in [4.69, 9.17) is 9.57 Å². The zero-order chi connectivity index (χ0) is 16.8. The number of allylic oxidation sites excluding steroid dienone is 1. The SMILES string of the molecule is CO[C@H]1CC2=CC(S(=O)(=O)N[Si](C)(C)C(C)(C)C)=CON2N1. The predicted molar refractivity (Wildman–Crippen MR) is 86.9 cm³/mol. The number of hydrogen-bond donors (Lipinski definition) is 2. The maximum absolute atomic E-state index is 12.6. The average molecular weight is 348 g/mol. The molecule has 0 aromatic rings. The largest absolute Gasteiger partial charge is 0.371 e. The summed E-state index contributed by atoms with van der Waals surface area (Å²) >= 11 is 0. The fourth-order valence-electron chi connectivity index (χ4n) is 1.88. The van der Waals surface area contributed by atoms with Gasteiger partial charge in [0.1, 0.15) is 25.6 Å².